The van der Waals surface area contributed by atoms with Crippen LogP contribution >= 0.6 is 23.5 Å². The number of rotatable bonds is 10. The van der Waals surface area contributed by atoms with Gasteiger partial charge in [-0.1, -0.05) is 13.8 Å². The van der Waals surface area contributed by atoms with E-state index in [1.807, 2.05) is 0 Å². The van der Waals surface area contributed by atoms with Crippen molar-refractivity contribution >= 4 is 23.5 Å². The maximum atomic E-state index is 9.97. The minimum atomic E-state index is -1.29. The summed E-state index contributed by atoms with van der Waals surface area (Å²) in [5.41, 5.74) is 0. The molecule has 0 radical (unpaired) electrons. The zero-order valence-corrected chi connectivity index (χ0v) is 12.1. The normalized spacial score (nSPS) is 17.1. The predicted molar refractivity (Wildman–Crippen MR) is 74.4 cm³/mol. The van der Waals surface area contributed by atoms with Crippen LogP contribution < -0.4 is 0 Å². The maximum Gasteiger partial charge on any atom is 0.110 e. The Bertz CT molecular complexity index is 175. The molecule has 4 nitrogen and oxygen atoms in total. The van der Waals surface area contributed by atoms with Crippen molar-refractivity contribution in [1.82, 2.24) is 0 Å². The Labute approximate surface area is 112 Å². The van der Waals surface area contributed by atoms with Gasteiger partial charge in [0.05, 0.1) is 11.2 Å². The van der Waals surface area contributed by atoms with E-state index in [4.69, 9.17) is 5.11 Å². The summed E-state index contributed by atoms with van der Waals surface area (Å²) in [5.74, 6) is 1.81. The first-order chi connectivity index (χ1) is 8.08. The monoisotopic (exact) mass is 284 g/mol. The zero-order chi connectivity index (χ0) is 13.3. The van der Waals surface area contributed by atoms with Gasteiger partial charge in [0.2, 0.25) is 0 Å². The molecule has 4 N–H and O–H groups in total. The van der Waals surface area contributed by atoms with Gasteiger partial charge in [-0.2, -0.15) is 0 Å². The first kappa shape index (κ1) is 17.5. The summed E-state index contributed by atoms with van der Waals surface area (Å²) >= 11 is 3.17. The summed E-state index contributed by atoms with van der Waals surface area (Å²) in [6.45, 7) is 3.57. The van der Waals surface area contributed by atoms with Crippen molar-refractivity contribution in [3.63, 3.8) is 0 Å². The van der Waals surface area contributed by atoms with E-state index in [0.717, 1.165) is 24.3 Å². The summed E-state index contributed by atoms with van der Waals surface area (Å²) in [4.78, 5) is 0. The average Bonchev–Trinajstić information content (AvgIpc) is 2.36. The highest BCUT2D eigenvalue weighted by Crippen LogP contribution is 2.30. The summed E-state index contributed by atoms with van der Waals surface area (Å²) in [6, 6.07) is 0. The van der Waals surface area contributed by atoms with Crippen LogP contribution in [0.1, 0.15) is 26.7 Å². The van der Waals surface area contributed by atoms with Crippen molar-refractivity contribution in [2.24, 2.45) is 0 Å². The summed E-state index contributed by atoms with van der Waals surface area (Å²) in [5, 5.41) is 37.7. The van der Waals surface area contributed by atoms with Gasteiger partial charge in [0.1, 0.15) is 18.3 Å². The lowest BCUT2D eigenvalue weighted by atomic mass is 10.1. The Morgan fingerprint density at radius 3 is 1.71 bits per heavy atom. The van der Waals surface area contributed by atoms with E-state index in [1.165, 1.54) is 0 Å². The molecule has 104 valence electrons. The molecule has 0 saturated carbocycles. The van der Waals surface area contributed by atoms with Gasteiger partial charge in [0, 0.05) is 0 Å². The van der Waals surface area contributed by atoms with E-state index in [1.54, 1.807) is 23.5 Å². The molecule has 0 aromatic heterocycles. The van der Waals surface area contributed by atoms with E-state index in [9.17, 15) is 15.3 Å². The Balaban J connectivity index is 4.32. The van der Waals surface area contributed by atoms with Crippen LogP contribution in [0.15, 0.2) is 0 Å². The van der Waals surface area contributed by atoms with Crippen LogP contribution in [-0.4, -0.2) is 61.4 Å². The van der Waals surface area contributed by atoms with E-state index >= 15 is 0 Å². The van der Waals surface area contributed by atoms with E-state index in [2.05, 4.69) is 13.8 Å². The van der Waals surface area contributed by atoms with Gasteiger partial charge in [-0.25, -0.2) is 0 Å². The molecular weight excluding hydrogens is 260 g/mol. The standard InChI is InChI=1S/C11H24O4S2/c1-3-5-16-11(17-6-4-2)10(15)9(14)8(13)7-12/h8-15H,3-7H2,1-2H3/t8-,9+,10-/m1/s1. The molecule has 3 atom stereocenters. The highest BCUT2D eigenvalue weighted by atomic mass is 32.2. The van der Waals surface area contributed by atoms with Gasteiger partial charge >= 0.3 is 0 Å². The number of hydrogen-bond acceptors (Lipinski definition) is 6. The number of hydrogen-bond donors (Lipinski definition) is 4. The largest absolute Gasteiger partial charge is 0.394 e. The minimum absolute atomic E-state index is 0.161. The second-order valence-corrected chi connectivity index (χ2v) is 6.64. The van der Waals surface area contributed by atoms with Crippen LogP contribution in [0, 0.1) is 0 Å². The van der Waals surface area contributed by atoms with Crippen molar-refractivity contribution in [2.45, 2.75) is 49.6 Å². The fourth-order valence-corrected chi connectivity index (χ4v) is 3.82. The molecule has 0 aromatic rings. The highest BCUT2D eigenvalue weighted by Gasteiger charge is 2.31. The molecule has 0 aliphatic rings. The topological polar surface area (TPSA) is 80.9 Å². The van der Waals surface area contributed by atoms with Crippen molar-refractivity contribution in [3.05, 3.63) is 0 Å². The molecular formula is C11H24O4S2. The average molecular weight is 284 g/mol. The minimum Gasteiger partial charge on any atom is -0.394 e. The SMILES string of the molecule is CCCSC(SCCC)[C@H](O)[C@@H](O)[C@H](O)CO. The van der Waals surface area contributed by atoms with Crippen LogP contribution in [0.25, 0.3) is 0 Å². The fourth-order valence-electron chi connectivity index (χ4n) is 1.21. The molecule has 0 bridgehead atoms. The van der Waals surface area contributed by atoms with Crippen molar-refractivity contribution < 1.29 is 20.4 Å². The van der Waals surface area contributed by atoms with Crippen LogP contribution in [0.5, 0.6) is 0 Å². The van der Waals surface area contributed by atoms with Gasteiger partial charge in [0.15, 0.2) is 0 Å². The molecule has 0 aliphatic carbocycles. The second-order valence-electron chi connectivity index (χ2n) is 3.84. The highest BCUT2D eigenvalue weighted by molar-refractivity contribution is 8.17. The van der Waals surface area contributed by atoms with Crippen molar-refractivity contribution in [3.8, 4) is 0 Å². The van der Waals surface area contributed by atoms with E-state index in [-0.39, 0.29) is 4.58 Å². The molecule has 0 saturated heterocycles. The van der Waals surface area contributed by atoms with Gasteiger partial charge in [0.25, 0.3) is 0 Å². The Morgan fingerprint density at radius 2 is 1.35 bits per heavy atom. The molecule has 0 spiro atoms. The third-order valence-electron chi connectivity index (χ3n) is 2.18. The molecule has 0 aliphatic heterocycles. The summed E-state index contributed by atoms with van der Waals surface area (Å²) in [7, 11) is 0. The van der Waals surface area contributed by atoms with E-state index < -0.39 is 24.9 Å². The third kappa shape index (κ3) is 6.88. The van der Waals surface area contributed by atoms with Crippen LogP contribution in [-0.2, 0) is 0 Å². The van der Waals surface area contributed by atoms with Gasteiger partial charge in [-0.15, -0.1) is 23.5 Å². The molecule has 0 fully saturated rings. The fraction of sp³-hybridized carbons (Fsp3) is 1.00. The Kier molecular flexibility index (Phi) is 10.8. The van der Waals surface area contributed by atoms with Gasteiger partial charge in [-0.3, -0.25) is 0 Å². The maximum absolute atomic E-state index is 9.97. The molecule has 6 heteroatoms. The lowest BCUT2D eigenvalue weighted by Crippen LogP contribution is -2.44. The molecule has 0 aromatic carbocycles. The summed E-state index contributed by atoms with van der Waals surface area (Å²) in [6.07, 6.45) is -1.60. The quantitative estimate of drug-likeness (QED) is 0.442. The first-order valence-electron chi connectivity index (χ1n) is 5.96. The van der Waals surface area contributed by atoms with Crippen LogP contribution in [0.2, 0.25) is 0 Å². The zero-order valence-electron chi connectivity index (χ0n) is 10.5. The number of thioether (sulfide) groups is 2. The van der Waals surface area contributed by atoms with Crippen molar-refractivity contribution in [2.75, 3.05) is 18.1 Å². The number of aliphatic hydroxyl groups is 4. The molecule has 0 amide bonds. The molecule has 0 rings (SSSR count). The molecule has 0 unspecified atom stereocenters. The van der Waals surface area contributed by atoms with Crippen molar-refractivity contribution in [1.29, 1.82) is 0 Å². The second kappa shape index (κ2) is 10.5. The number of aliphatic hydroxyl groups excluding tert-OH is 4. The predicted octanol–water partition coefficient (Wildman–Crippen LogP) is 0.674. The lowest BCUT2D eigenvalue weighted by Gasteiger charge is -2.28. The van der Waals surface area contributed by atoms with E-state index in [0.29, 0.717) is 0 Å². The lowest BCUT2D eigenvalue weighted by molar-refractivity contribution is -0.0706. The Hall–Kier alpha value is 0.540. The third-order valence-corrected chi connectivity index (χ3v) is 5.50. The van der Waals surface area contributed by atoms with Crippen LogP contribution in [0.4, 0.5) is 0 Å². The van der Waals surface area contributed by atoms with Gasteiger partial charge < -0.3 is 20.4 Å². The van der Waals surface area contributed by atoms with Crippen LogP contribution in [0.3, 0.4) is 0 Å². The van der Waals surface area contributed by atoms with Gasteiger partial charge in [-0.05, 0) is 24.3 Å². The Morgan fingerprint density at radius 1 is 0.882 bits per heavy atom. The molecule has 0 heterocycles. The molecule has 17 heavy (non-hydrogen) atoms. The summed E-state index contributed by atoms with van der Waals surface area (Å²) < 4.78 is -0.161. The first-order valence-corrected chi connectivity index (χ1v) is 8.06. The smallest absolute Gasteiger partial charge is 0.110 e.